The first-order valence-corrected chi connectivity index (χ1v) is 6.59. The van der Waals surface area contributed by atoms with Gasteiger partial charge < -0.3 is 0 Å². The molecule has 0 heterocycles. The average molecular weight is 275 g/mol. The smallest absolute Gasteiger partial charge is 0.166 e. The molecule has 0 fully saturated rings. The molecule has 1 atom stereocenters. The molecule has 0 aromatic heterocycles. The van der Waals surface area contributed by atoms with Crippen molar-refractivity contribution >= 4 is 17.4 Å². The van der Waals surface area contributed by atoms with Gasteiger partial charge in [-0.05, 0) is 41.7 Å². The zero-order valence-electron chi connectivity index (χ0n) is 10.2. The summed E-state index contributed by atoms with van der Waals surface area (Å²) in [5.74, 6) is -0.474. The molecule has 0 bridgehead atoms. The van der Waals surface area contributed by atoms with Crippen LogP contribution in [0.5, 0.6) is 0 Å². The molecule has 0 saturated carbocycles. The number of fused-ring (bicyclic) bond motifs is 1. The van der Waals surface area contributed by atoms with Crippen LogP contribution in [0.1, 0.15) is 33.8 Å². The van der Waals surface area contributed by atoms with Crippen LogP contribution in [0.25, 0.3) is 0 Å². The Morgan fingerprint density at radius 3 is 2.79 bits per heavy atom. The summed E-state index contributed by atoms with van der Waals surface area (Å²) >= 11 is 5.68. The fourth-order valence-electron chi connectivity index (χ4n) is 2.59. The summed E-state index contributed by atoms with van der Waals surface area (Å²) < 4.78 is 13.7. The summed E-state index contributed by atoms with van der Waals surface area (Å²) in [4.78, 5) is 12.1. The van der Waals surface area contributed by atoms with Gasteiger partial charge in [0, 0.05) is 11.4 Å². The van der Waals surface area contributed by atoms with Gasteiger partial charge in [-0.1, -0.05) is 35.9 Å². The monoisotopic (exact) mass is 274 g/mol. The third kappa shape index (κ3) is 2.28. The predicted octanol–water partition coefficient (Wildman–Crippen LogP) is 4.39. The Morgan fingerprint density at radius 1 is 1.26 bits per heavy atom. The Kier molecular flexibility index (Phi) is 3.11. The zero-order chi connectivity index (χ0) is 13.4. The number of carbonyl (C=O) groups excluding carboxylic acids is 1. The lowest BCUT2D eigenvalue weighted by molar-refractivity contribution is 0.0966. The second kappa shape index (κ2) is 4.78. The highest BCUT2D eigenvalue weighted by Crippen LogP contribution is 2.38. The molecular weight excluding hydrogens is 263 g/mol. The Balaban J connectivity index is 1.77. The molecule has 1 nitrogen and oxygen atoms in total. The van der Waals surface area contributed by atoms with Gasteiger partial charge in [0.05, 0.1) is 5.56 Å². The summed E-state index contributed by atoms with van der Waals surface area (Å²) in [7, 11) is 0. The molecule has 1 unspecified atom stereocenters. The molecule has 2 aromatic rings. The topological polar surface area (TPSA) is 17.1 Å². The predicted molar refractivity (Wildman–Crippen MR) is 73.2 cm³/mol. The number of Topliss-reactive ketones (excluding diaryl/α,β-unsaturated/α-hetero) is 1. The highest BCUT2D eigenvalue weighted by Gasteiger charge is 2.28. The lowest BCUT2D eigenvalue weighted by atomic mass is 9.74. The summed E-state index contributed by atoms with van der Waals surface area (Å²) in [6.07, 6.45) is 1.26. The van der Waals surface area contributed by atoms with E-state index in [0.29, 0.717) is 11.4 Å². The second-order valence-corrected chi connectivity index (χ2v) is 5.29. The highest BCUT2D eigenvalue weighted by atomic mass is 35.5. The minimum atomic E-state index is -0.537. The van der Waals surface area contributed by atoms with E-state index < -0.39 is 5.82 Å². The number of carbonyl (C=O) groups is 1. The molecule has 2 aromatic carbocycles. The van der Waals surface area contributed by atoms with Crippen LogP contribution in [0.2, 0.25) is 5.02 Å². The van der Waals surface area contributed by atoms with Gasteiger partial charge in [-0.25, -0.2) is 4.39 Å². The molecular formula is C16H12ClFO. The van der Waals surface area contributed by atoms with Gasteiger partial charge in [-0.3, -0.25) is 4.79 Å². The van der Waals surface area contributed by atoms with Gasteiger partial charge in [0.1, 0.15) is 5.82 Å². The highest BCUT2D eigenvalue weighted by molar-refractivity contribution is 6.30. The van der Waals surface area contributed by atoms with Crippen molar-refractivity contribution in [3.05, 3.63) is 70.0 Å². The van der Waals surface area contributed by atoms with Crippen LogP contribution in [0.15, 0.2) is 42.5 Å². The van der Waals surface area contributed by atoms with Crippen molar-refractivity contribution < 1.29 is 9.18 Å². The summed E-state index contributed by atoms with van der Waals surface area (Å²) in [5.41, 5.74) is 2.64. The number of ketones is 1. The van der Waals surface area contributed by atoms with E-state index in [9.17, 15) is 9.18 Å². The Morgan fingerprint density at radius 2 is 2.05 bits per heavy atom. The van der Waals surface area contributed by atoms with Crippen molar-refractivity contribution in [2.45, 2.75) is 18.8 Å². The first-order valence-electron chi connectivity index (χ1n) is 6.21. The molecule has 0 amide bonds. The quantitative estimate of drug-likeness (QED) is 0.759. The molecule has 1 aliphatic carbocycles. The van der Waals surface area contributed by atoms with E-state index in [-0.39, 0.29) is 17.3 Å². The number of hydrogen-bond donors (Lipinski definition) is 0. The van der Waals surface area contributed by atoms with Crippen LogP contribution in [-0.4, -0.2) is 5.78 Å². The van der Waals surface area contributed by atoms with E-state index in [4.69, 9.17) is 11.6 Å². The van der Waals surface area contributed by atoms with Crippen LogP contribution in [0.3, 0.4) is 0 Å². The molecule has 0 spiro atoms. The number of benzene rings is 2. The van der Waals surface area contributed by atoms with E-state index in [1.807, 2.05) is 18.2 Å². The molecule has 3 rings (SSSR count). The van der Waals surface area contributed by atoms with Crippen molar-refractivity contribution in [3.8, 4) is 0 Å². The third-order valence-corrected chi connectivity index (χ3v) is 3.86. The minimum absolute atomic E-state index is 0.133. The molecule has 0 saturated heterocycles. The molecule has 0 aliphatic heterocycles. The third-order valence-electron chi connectivity index (χ3n) is 3.62. The lowest BCUT2D eigenvalue weighted by Gasteiger charge is -2.29. The maximum atomic E-state index is 13.7. The molecule has 0 N–H and O–H groups in total. The average Bonchev–Trinajstić information content (AvgIpc) is 2.35. The zero-order valence-corrected chi connectivity index (χ0v) is 11.0. The summed E-state index contributed by atoms with van der Waals surface area (Å²) in [6.45, 7) is 0. The van der Waals surface area contributed by atoms with Crippen LogP contribution in [-0.2, 0) is 6.42 Å². The van der Waals surface area contributed by atoms with Crippen LogP contribution >= 0.6 is 11.6 Å². The van der Waals surface area contributed by atoms with E-state index in [1.54, 1.807) is 6.07 Å². The van der Waals surface area contributed by atoms with Gasteiger partial charge in [0.15, 0.2) is 5.78 Å². The number of rotatable bonds is 3. The molecule has 19 heavy (non-hydrogen) atoms. The number of hydrogen-bond acceptors (Lipinski definition) is 1. The largest absolute Gasteiger partial charge is 0.294 e. The Hall–Kier alpha value is -1.67. The summed E-state index contributed by atoms with van der Waals surface area (Å²) in [5, 5.41) is 0.308. The molecule has 96 valence electrons. The van der Waals surface area contributed by atoms with Crippen molar-refractivity contribution in [1.29, 1.82) is 0 Å². The normalized spacial score (nSPS) is 16.6. The van der Waals surface area contributed by atoms with Gasteiger partial charge in [0.2, 0.25) is 0 Å². The maximum Gasteiger partial charge on any atom is 0.166 e. The van der Waals surface area contributed by atoms with Crippen LogP contribution < -0.4 is 0 Å². The summed E-state index contributed by atoms with van der Waals surface area (Å²) in [6, 6.07) is 12.3. The molecule has 1 aliphatic rings. The van der Waals surface area contributed by atoms with Crippen molar-refractivity contribution in [2.75, 3.05) is 0 Å². The van der Waals surface area contributed by atoms with Gasteiger partial charge in [0.25, 0.3) is 0 Å². The van der Waals surface area contributed by atoms with Gasteiger partial charge in [-0.15, -0.1) is 0 Å². The van der Waals surface area contributed by atoms with Crippen LogP contribution in [0, 0.1) is 5.82 Å². The van der Waals surface area contributed by atoms with E-state index in [2.05, 4.69) is 6.07 Å². The molecule has 0 radical (unpaired) electrons. The SMILES string of the molecule is O=C(CC1Cc2ccccc21)c1ccc(Cl)cc1F. The second-order valence-electron chi connectivity index (χ2n) is 4.85. The first kappa shape index (κ1) is 12.4. The van der Waals surface area contributed by atoms with Crippen molar-refractivity contribution in [3.63, 3.8) is 0 Å². The van der Waals surface area contributed by atoms with Crippen LogP contribution in [0.4, 0.5) is 4.39 Å². The van der Waals surface area contributed by atoms with E-state index in [1.165, 1.54) is 23.3 Å². The Bertz CT molecular complexity index is 651. The van der Waals surface area contributed by atoms with Crippen molar-refractivity contribution in [2.24, 2.45) is 0 Å². The Labute approximate surface area is 116 Å². The number of halogens is 2. The van der Waals surface area contributed by atoms with E-state index in [0.717, 1.165) is 6.42 Å². The van der Waals surface area contributed by atoms with Gasteiger partial charge >= 0.3 is 0 Å². The lowest BCUT2D eigenvalue weighted by Crippen LogP contribution is -2.20. The van der Waals surface area contributed by atoms with Gasteiger partial charge in [-0.2, -0.15) is 0 Å². The van der Waals surface area contributed by atoms with E-state index >= 15 is 0 Å². The maximum absolute atomic E-state index is 13.7. The minimum Gasteiger partial charge on any atom is -0.294 e. The molecule has 3 heteroatoms. The standard InChI is InChI=1S/C16H12ClFO/c17-12-5-6-14(15(18)9-12)16(19)8-11-7-10-3-1-2-4-13(10)11/h1-6,9,11H,7-8H2. The van der Waals surface area contributed by atoms with Crippen molar-refractivity contribution in [1.82, 2.24) is 0 Å². The fourth-order valence-corrected chi connectivity index (χ4v) is 2.75. The first-order chi connectivity index (χ1) is 9.15. The fraction of sp³-hybridized carbons (Fsp3) is 0.188.